The summed E-state index contributed by atoms with van der Waals surface area (Å²) in [5.74, 6) is 0. The molecule has 2 nitrogen and oxygen atoms in total. The van der Waals surface area contributed by atoms with Gasteiger partial charge in [-0.15, -0.1) is 0 Å². The molecule has 0 unspecified atom stereocenters. The van der Waals surface area contributed by atoms with Gasteiger partial charge in [-0.3, -0.25) is 0 Å². The van der Waals surface area contributed by atoms with Crippen molar-refractivity contribution in [2.24, 2.45) is 0 Å². The monoisotopic (exact) mass is 522 g/mol. The first kappa shape index (κ1) is 28.2. The Kier molecular flexibility index (Phi) is 9.74. The van der Waals surface area contributed by atoms with Crippen LogP contribution in [0.4, 0.5) is 22.7 Å². The summed E-state index contributed by atoms with van der Waals surface area (Å²) in [4.78, 5) is 4.57. The van der Waals surface area contributed by atoms with E-state index in [4.69, 9.17) is 0 Å². The van der Waals surface area contributed by atoms with Crippen molar-refractivity contribution in [2.45, 2.75) is 27.7 Å². The smallest absolute Gasteiger partial charge is 0.0703 e. The van der Waals surface area contributed by atoms with Gasteiger partial charge >= 0.3 is 0 Å². The van der Waals surface area contributed by atoms with E-state index in [1.165, 1.54) is 16.3 Å². The summed E-state index contributed by atoms with van der Waals surface area (Å²) in [5.41, 5.74) is 8.04. The number of aryl methyl sites for hydroxylation is 1. The molecule has 0 bridgehead atoms. The van der Waals surface area contributed by atoms with Gasteiger partial charge in [0.15, 0.2) is 0 Å². The molecule has 0 aromatic heterocycles. The predicted molar refractivity (Wildman–Crippen MR) is 176 cm³/mol. The summed E-state index contributed by atoms with van der Waals surface area (Å²) in [6.07, 6.45) is 6.16. The summed E-state index contributed by atoms with van der Waals surface area (Å²) >= 11 is 0. The number of benzene rings is 5. The zero-order chi connectivity index (χ0) is 28.3. The van der Waals surface area contributed by atoms with Crippen molar-refractivity contribution in [3.05, 3.63) is 169 Å². The second kappa shape index (κ2) is 13.8. The van der Waals surface area contributed by atoms with Crippen molar-refractivity contribution in [1.29, 1.82) is 0 Å². The molecule has 1 aliphatic rings. The van der Waals surface area contributed by atoms with Gasteiger partial charge in [-0.1, -0.05) is 117 Å². The van der Waals surface area contributed by atoms with Crippen molar-refractivity contribution < 1.29 is 0 Å². The molecule has 0 N–H and O–H groups in total. The molecule has 2 heteroatoms. The maximum absolute atomic E-state index is 4.13. The lowest BCUT2D eigenvalue weighted by molar-refractivity contribution is 1.06. The van der Waals surface area contributed by atoms with E-state index in [9.17, 15) is 0 Å². The van der Waals surface area contributed by atoms with E-state index in [0.29, 0.717) is 0 Å². The van der Waals surface area contributed by atoms with E-state index in [0.717, 1.165) is 34.1 Å². The second-order valence-corrected chi connectivity index (χ2v) is 9.10. The zero-order valence-corrected chi connectivity index (χ0v) is 24.0. The van der Waals surface area contributed by atoms with Crippen molar-refractivity contribution in [3.63, 3.8) is 0 Å². The largest absolute Gasteiger partial charge is 0.306 e. The molecule has 200 valence electrons. The fraction of sp³-hybridized carbons (Fsp3) is 0.105. The van der Waals surface area contributed by atoms with Crippen LogP contribution in [0.5, 0.6) is 0 Å². The van der Waals surface area contributed by atoms with E-state index in [2.05, 4.69) is 151 Å². The Balaban J connectivity index is 0.000000236. The van der Waals surface area contributed by atoms with Crippen molar-refractivity contribution in [2.75, 3.05) is 9.80 Å². The lowest BCUT2D eigenvalue weighted by Gasteiger charge is -2.40. The van der Waals surface area contributed by atoms with Crippen LogP contribution in [0.3, 0.4) is 0 Å². The van der Waals surface area contributed by atoms with E-state index in [-0.39, 0.29) is 0 Å². The Labute approximate surface area is 239 Å². The van der Waals surface area contributed by atoms with E-state index < -0.39 is 0 Å². The summed E-state index contributed by atoms with van der Waals surface area (Å²) in [6, 6.07) is 44.2. The fourth-order valence-electron chi connectivity index (χ4n) is 4.94. The minimum atomic E-state index is 1.06. The average molecular weight is 523 g/mol. The third kappa shape index (κ3) is 5.92. The number of anilines is 4. The molecule has 0 amide bonds. The van der Waals surface area contributed by atoms with Crippen LogP contribution in [0.25, 0.3) is 10.8 Å². The Morgan fingerprint density at radius 2 is 1.02 bits per heavy atom. The Morgan fingerprint density at radius 1 is 0.550 bits per heavy atom. The summed E-state index contributed by atoms with van der Waals surface area (Å²) in [5, 5.41) is 2.68. The van der Waals surface area contributed by atoms with Gasteiger partial charge in [0.25, 0.3) is 0 Å². The van der Waals surface area contributed by atoms with Crippen molar-refractivity contribution in [1.82, 2.24) is 0 Å². The summed E-state index contributed by atoms with van der Waals surface area (Å²) < 4.78 is 0. The summed E-state index contributed by atoms with van der Waals surface area (Å²) in [7, 11) is 0. The first-order valence-electron chi connectivity index (χ1n) is 14.0. The lowest BCUT2D eigenvalue weighted by atomic mass is 10.0. The molecule has 1 heterocycles. The highest BCUT2D eigenvalue weighted by Crippen LogP contribution is 2.47. The van der Waals surface area contributed by atoms with Gasteiger partial charge in [0, 0.05) is 11.4 Å². The maximum atomic E-state index is 4.13. The molecule has 5 aromatic carbocycles. The predicted octanol–water partition coefficient (Wildman–Crippen LogP) is 11.1. The maximum Gasteiger partial charge on any atom is 0.0703 e. The Bertz CT molecular complexity index is 1590. The van der Waals surface area contributed by atoms with Gasteiger partial charge < -0.3 is 9.80 Å². The molecule has 0 fully saturated rings. The summed E-state index contributed by atoms with van der Waals surface area (Å²) in [6.45, 7) is 12.3. The molecular formula is C38H38N2. The van der Waals surface area contributed by atoms with Crippen LogP contribution in [-0.2, 0) is 0 Å². The Morgan fingerprint density at radius 3 is 1.55 bits per heavy atom. The fourth-order valence-corrected chi connectivity index (χ4v) is 4.94. The van der Waals surface area contributed by atoms with Gasteiger partial charge in [-0.25, -0.2) is 0 Å². The van der Waals surface area contributed by atoms with Gasteiger partial charge in [0.2, 0.25) is 0 Å². The number of nitrogens with zero attached hydrogens (tertiary/aromatic N) is 2. The molecule has 0 atom stereocenters. The molecule has 6 rings (SSSR count). The zero-order valence-electron chi connectivity index (χ0n) is 24.0. The third-order valence-electron chi connectivity index (χ3n) is 6.66. The van der Waals surface area contributed by atoms with E-state index >= 15 is 0 Å². The molecule has 0 radical (unpaired) electrons. The van der Waals surface area contributed by atoms with Gasteiger partial charge in [-0.2, -0.15) is 0 Å². The minimum Gasteiger partial charge on any atom is -0.306 e. The number of allylic oxidation sites excluding steroid dienone is 3. The van der Waals surface area contributed by atoms with Crippen LogP contribution < -0.4 is 9.80 Å². The quantitative estimate of drug-likeness (QED) is 0.232. The normalized spacial score (nSPS) is 12.3. The van der Waals surface area contributed by atoms with Crippen LogP contribution >= 0.6 is 0 Å². The van der Waals surface area contributed by atoms with Gasteiger partial charge in [-0.05, 0) is 78.7 Å². The number of hydrogen-bond acceptors (Lipinski definition) is 2. The highest BCUT2D eigenvalue weighted by molar-refractivity contribution is 5.91. The first-order chi connectivity index (χ1) is 19.7. The Hall–Kier alpha value is -4.82. The molecule has 0 aliphatic carbocycles. The van der Waals surface area contributed by atoms with E-state index in [1.807, 2.05) is 39.0 Å². The molecule has 0 saturated heterocycles. The van der Waals surface area contributed by atoms with Crippen LogP contribution in [0, 0.1) is 6.92 Å². The lowest BCUT2D eigenvalue weighted by Crippen LogP contribution is -2.30. The van der Waals surface area contributed by atoms with Crippen LogP contribution in [0.15, 0.2) is 164 Å². The van der Waals surface area contributed by atoms with Gasteiger partial charge in [0.05, 0.1) is 22.8 Å². The second-order valence-electron chi connectivity index (χ2n) is 9.10. The molecule has 5 aromatic rings. The molecule has 1 aliphatic heterocycles. The van der Waals surface area contributed by atoms with E-state index in [1.54, 1.807) is 0 Å². The SMILES string of the molecule is C=CC1=C(/C=C\C)N(c2ccccc2)c2ccccc2N1c1ccccc1.CC.Cc1cccc2ccccc12. The third-order valence-corrected chi connectivity index (χ3v) is 6.66. The molecular weight excluding hydrogens is 484 g/mol. The molecule has 0 spiro atoms. The molecule has 40 heavy (non-hydrogen) atoms. The minimum absolute atomic E-state index is 1.06. The number of para-hydroxylation sites is 4. The number of rotatable bonds is 4. The van der Waals surface area contributed by atoms with Crippen molar-refractivity contribution >= 4 is 33.5 Å². The highest BCUT2D eigenvalue weighted by Gasteiger charge is 2.29. The average Bonchev–Trinajstić information content (AvgIpc) is 3.03. The molecule has 0 saturated carbocycles. The first-order valence-corrected chi connectivity index (χ1v) is 14.0. The van der Waals surface area contributed by atoms with Crippen LogP contribution in [-0.4, -0.2) is 0 Å². The topological polar surface area (TPSA) is 6.48 Å². The number of hydrogen-bond donors (Lipinski definition) is 0. The standard InChI is InChI=1S/C25H22N2.C11H10.C2H6/c1-3-13-23-22(4-2)26(20-14-7-5-8-15-20)24-18-11-12-19-25(24)27(23)21-16-9-6-10-17-21;1-9-5-4-7-10-6-2-3-8-11(9)10;1-2/h3-19H,2H2,1H3;2-8H,1H3;1-2H3/b13-3-;;. The van der Waals surface area contributed by atoms with Gasteiger partial charge in [0.1, 0.15) is 0 Å². The number of fused-ring (bicyclic) bond motifs is 2. The van der Waals surface area contributed by atoms with Crippen LogP contribution in [0.1, 0.15) is 26.3 Å². The highest BCUT2D eigenvalue weighted by atomic mass is 15.3. The van der Waals surface area contributed by atoms with Crippen LogP contribution in [0.2, 0.25) is 0 Å². The van der Waals surface area contributed by atoms with Crippen molar-refractivity contribution in [3.8, 4) is 0 Å².